The summed E-state index contributed by atoms with van der Waals surface area (Å²) in [6.45, 7) is 8.15. The number of hydrogen-bond donors (Lipinski definition) is 2. The number of ether oxygens (including phenoxy) is 1. The van der Waals surface area contributed by atoms with E-state index in [9.17, 15) is 15.0 Å². The van der Waals surface area contributed by atoms with Gasteiger partial charge in [0, 0.05) is 17.8 Å². The highest BCUT2D eigenvalue weighted by Gasteiger charge is 2.68. The second kappa shape index (κ2) is 5.81. The first kappa shape index (κ1) is 18.5. The van der Waals surface area contributed by atoms with Crippen LogP contribution in [-0.4, -0.2) is 35.0 Å². The number of hydrogen-bond acceptors (Lipinski definition) is 4. The molecule has 0 heterocycles. The molecule has 3 fully saturated rings. The number of aliphatic hydroxyl groups excluding tert-OH is 2. The van der Waals surface area contributed by atoms with Crippen LogP contribution in [-0.2, 0) is 9.53 Å². The van der Waals surface area contributed by atoms with E-state index in [1.54, 1.807) is 0 Å². The smallest absolute Gasteiger partial charge is 0.302 e. The van der Waals surface area contributed by atoms with Gasteiger partial charge >= 0.3 is 5.97 Å². The topological polar surface area (TPSA) is 66.8 Å². The van der Waals surface area contributed by atoms with Crippen molar-refractivity contribution in [3.63, 3.8) is 0 Å². The molecule has 0 aromatic carbocycles. The minimum absolute atomic E-state index is 0.0154. The lowest BCUT2D eigenvalue weighted by Gasteiger charge is -2.66. The van der Waals surface area contributed by atoms with Gasteiger partial charge < -0.3 is 14.9 Å². The number of carbonyl (C=O) groups excluding carboxylic acids is 1. The lowest BCUT2D eigenvalue weighted by molar-refractivity contribution is -0.228. The summed E-state index contributed by atoms with van der Waals surface area (Å²) in [6, 6.07) is 0. The van der Waals surface area contributed by atoms with Gasteiger partial charge in [-0.2, -0.15) is 0 Å². The Morgan fingerprint density at radius 1 is 1.27 bits per heavy atom. The first-order valence-electron chi connectivity index (χ1n) is 10.3. The van der Waals surface area contributed by atoms with E-state index in [1.165, 1.54) is 18.9 Å². The van der Waals surface area contributed by atoms with Gasteiger partial charge in [-0.25, -0.2) is 0 Å². The molecular formula is C22H34O4. The molecule has 2 bridgehead atoms. The summed E-state index contributed by atoms with van der Waals surface area (Å²) in [5.41, 5.74) is 0.955. The Morgan fingerprint density at radius 3 is 2.65 bits per heavy atom. The molecule has 0 radical (unpaired) electrons. The van der Waals surface area contributed by atoms with Crippen LogP contribution < -0.4 is 0 Å². The summed E-state index contributed by atoms with van der Waals surface area (Å²) in [5, 5.41) is 21.0. The normalized spacial score (nSPS) is 52.7. The van der Waals surface area contributed by atoms with Gasteiger partial charge in [0.05, 0.1) is 12.7 Å². The van der Waals surface area contributed by atoms with Crippen molar-refractivity contribution in [2.75, 3.05) is 6.61 Å². The molecule has 4 aliphatic rings. The van der Waals surface area contributed by atoms with Crippen molar-refractivity contribution in [1.29, 1.82) is 0 Å². The van der Waals surface area contributed by atoms with Crippen molar-refractivity contribution in [3.8, 4) is 0 Å². The quantitative estimate of drug-likeness (QED) is 0.583. The molecule has 0 aromatic heterocycles. The van der Waals surface area contributed by atoms with Crippen LogP contribution in [0.5, 0.6) is 0 Å². The summed E-state index contributed by atoms with van der Waals surface area (Å²) in [7, 11) is 0. The number of rotatable bonds is 2. The van der Waals surface area contributed by atoms with E-state index in [0.29, 0.717) is 11.8 Å². The molecule has 4 heteroatoms. The van der Waals surface area contributed by atoms with Crippen LogP contribution in [0.4, 0.5) is 0 Å². The van der Waals surface area contributed by atoms with Gasteiger partial charge in [0.25, 0.3) is 0 Å². The molecule has 146 valence electrons. The van der Waals surface area contributed by atoms with Crippen molar-refractivity contribution in [3.05, 3.63) is 11.6 Å². The first-order valence-corrected chi connectivity index (χ1v) is 10.3. The number of fused-ring (bicyclic) bond motifs is 3. The predicted molar refractivity (Wildman–Crippen MR) is 99.2 cm³/mol. The summed E-state index contributed by atoms with van der Waals surface area (Å²) < 4.78 is 5.95. The summed E-state index contributed by atoms with van der Waals surface area (Å²) in [6.07, 6.45) is 7.77. The van der Waals surface area contributed by atoms with Crippen LogP contribution in [0.25, 0.3) is 0 Å². The Kier molecular flexibility index (Phi) is 4.13. The van der Waals surface area contributed by atoms with E-state index >= 15 is 0 Å². The number of allylic oxidation sites excluding steroid dienone is 1. The molecule has 4 nitrogen and oxygen atoms in total. The maximum atomic E-state index is 11.9. The zero-order valence-corrected chi connectivity index (χ0v) is 16.6. The van der Waals surface area contributed by atoms with E-state index in [0.717, 1.165) is 32.1 Å². The predicted octanol–water partition coefficient (Wildman–Crippen LogP) is 3.46. The molecule has 4 aliphatic carbocycles. The molecule has 4 rings (SSSR count). The third-order valence-electron chi connectivity index (χ3n) is 9.00. The Labute approximate surface area is 157 Å². The van der Waals surface area contributed by atoms with Gasteiger partial charge in [0.15, 0.2) is 0 Å². The fraction of sp³-hybridized carbons (Fsp3) is 0.864. The molecule has 1 spiro atoms. The summed E-state index contributed by atoms with van der Waals surface area (Å²) in [4.78, 5) is 11.9. The van der Waals surface area contributed by atoms with E-state index in [1.807, 2.05) is 6.92 Å². The first-order chi connectivity index (χ1) is 12.2. The molecule has 3 saturated carbocycles. The fourth-order valence-corrected chi connectivity index (χ4v) is 7.69. The molecule has 0 amide bonds. The maximum absolute atomic E-state index is 11.9. The van der Waals surface area contributed by atoms with Gasteiger partial charge in [0.2, 0.25) is 0 Å². The van der Waals surface area contributed by atoms with Gasteiger partial charge in [0.1, 0.15) is 6.10 Å². The van der Waals surface area contributed by atoms with Gasteiger partial charge in [-0.05, 0) is 68.6 Å². The standard InChI is InChI=1S/C22H34O4/c1-13-10-22-11-15(13)5-6-16(22)20(3)8-7-18(25)21(4,12-23)17(20)9-19(22)26-14(2)24/h10,15-19,23,25H,5-9,11-12H2,1-4H3. The Morgan fingerprint density at radius 2 is 2.00 bits per heavy atom. The minimum atomic E-state index is -0.527. The molecule has 0 saturated heterocycles. The average molecular weight is 363 g/mol. The van der Waals surface area contributed by atoms with Crippen LogP contribution in [0.1, 0.15) is 66.2 Å². The Hall–Kier alpha value is -0.870. The molecular weight excluding hydrogens is 328 g/mol. The van der Waals surface area contributed by atoms with E-state index in [4.69, 9.17) is 4.74 Å². The van der Waals surface area contributed by atoms with Gasteiger partial charge in [-0.1, -0.05) is 25.5 Å². The highest BCUT2D eigenvalue weighted by molar-refractivity contribution is 5.66. The second-order valence-corrected chi connectivity index (χ2v) is 10.1. The van der Waals surface area contributed by atoms with E-state index < -0.39 is 11.5 Å². The second-order valence-electron chi connectivity index (χ2n) is 10.1. The van der Waals surface area contributed by atoms with Crippen LogP contribution in [0, 0.1) is 34.0 Å². The Bertz CT molecular complexity index is 642. The third-order valence-corrected chi connectivity index (χ3v) is 9.00. The van der Waals surface area contributed by atoms with Crippen molar-refractivity contribution in [1.82, 2.24) is 0 Å². The molecule has 8 unspecified atom stereocenters. The Balaban J connectivity index is 1.82. The van der Waals surface area contributed by atoms with Crippen molar-refractivity contribution in [2.45, 2.75) is 78.4 Å². The number of carbonyl (C=O) groups is 1. The molecule has 8 atom stereocenters. The fourth-order valence-electron chi connectivity index (χ4n) is 7.69. The lowest BCUT2D eigenvalue weighted by atomic mass is 9.40. The molecule has 0 aliphatic heterocycles. The average Bonchev–Trinajstić information content (AvgIpc) is 2.83. The van der Waals surface area contributed by atoms with Crippen LogP contribution in [0.2, 0.25) is 0 Å². The molecule has 2 N–H and O–H groups in total. The molecule has 0 aromatic rings. The van der Waals surface area contributed by atoms with Gasteiger partial charge in [-0.3, -0.25) is 4.79 Å². The van der Waals surface area contributed by atoms with Crippen LogP contribution >= 0.6 is 0 Å². The maximum Gasteiger partial charge on any atom is 0.302 e. The van der Waals surface area contributed by atoms with Crippen molar-refractivity contribution >= 4 is 5.97 Å². The van der Waals surface area contributed by atoms with Crippen molar-refractivity contribution < 1.29 is 19.7 Å². The highest BCUT2D eigenvalue weighted by Crippen LogP contribution is 2.71. The minimum Gasteiger partial charge on any atom is -0.462 e. The third kappa shape index (κ3) is 2.24. The summed E-state index contributed by atoms with van der Waals surface area (Å²) >= 11 is 0. The van der Waals surface area contributed by atoms with Crippen LogP contribution in [0.3, 0.4) is 0 Å². The molecule has 26 heavy (non-hydrogen) atoms. The monoisotopic (exact) mass is 362 g/mol. The summed E-state index contributed by atoms with van der Waals surface area (Å²) in [5.74, 6) is 1.02. The zero-order valence-electron chi connectivity index (χ0n) is 16.6. The van der Waals surface area contributed by atoms with E-state index in [-0.39, 0.29) is 35.4 Å². The van der Waals surface area contributed by atoms with Crippen LogP contribution in [0.15, 0.2) is 11.6 Å². The van der Waals surface area contributed by atoms with Crippen molar-refractivity contribution in [2.24, 2.45) is 34.0 Å². The van der Waals surface area contributed by atoms with Gasteiger partial charge in [-0.15, -0.1) is 0 Å². The van der Waals surface area contributed by atoms with E-state index in [2.05, 4.69) is 19.9 Å². The largest absolute Gasteiger partial charge is 0.462 e. The number of esters is 1. The SMILES string of the molecule is CC(=O)OC1CC2C(C)(CO)C(O)CCC2(C)C2CCC3CC12C=C3C. The number of aliphatic hydroxyl groups is 2. The highest BCUT2D eigenvalue weighted by atomic mass is 16.5. The zero-order chi connectivity index (χ0) is 18.9. The lowest BCUT2D eigenvalue weighted by Crippen LogP contribution is -2.65.